The Morgan fingerprint density at radius 3 is 2.44 bits per heavy atom. The first kappa shape index (κ1) is 24.8. The highest BCUT2D eigenvalue weighted by Crippen LogP contribution is 2.42. The predicted molar refractivity (Wildman–Crippen MR) is 142 cm³/mol. The van der Waals surface area contributed by atoms with E-state index in [0.717, 1.165) is 59.9 Å². The molecule has 0 radical (unpaired) electrons. The summed E-state index contributed by atoms with van der Waals surface area (Å²) in [6, 6.07) is 8.15. The number of benzene rings is 1. The summed E-state index contributed by atoms with van der Waals surface area (Å²) >= 11 is 0. The molecule has 1 saturated carbocycles. The van der Waals surface area contributed by atoms with E-state index in [2.05, 4.69) is 37.8 Å². The van der Waals surface area contributed by atoms with Crippen molar-refractivity contribution in [3.63, 3.8) is 0 Å². The summed E-state index contributed by atoms with van der Waals surface area (Å²) in [5.41, 5.74) is 5.32. The fourth-order valence-corrected chi connectivity index (χ4v) is 5.39. The molecule has 0 atom stereocenters. The molecule has 3 aliphatic rings. The van der Waals surface area contributed by atoms with Gasteiger partial charge in [-0.05, 0) is 49.3 Å². The number of Topliss-reactive ketones (excluding diaryl/α,β-unsaturated/α-hetero) is 1. The van der Waals surface area contributed by atoms with E-state index in [1.165, 1.54) is 12.8 Å². The summed E-state index contributed by atoms with van der Waals surface area (Å²) in [6.07, 6.45) is 4.53. The van der Waals surface area contributed by atoms with E-state index in [4.69, 9.17) is 19.9 Å². The fraction of sp³-hybridized carbons (Fsp3) is 0.552. The highest BCUT2D eigenvalue weighted by Gasteiger charge is 2.33. The molecule has 0 bridgehead atoms. The zero-order valence-electron chi connectivity index (χ0n) is 22.2. The number of nitrogens with one attached hydrogen (secondary N) is 1. The van der Waals surface area contributed by atoms with Gasteiger partial charge in [0.05, 0.1) is 25.4 Å². The lowest BCUT2D eigenvalue weighted by Gasteiger charge is -2.35. The number of ketones is 1. The minimum Gasteiger partial charge on any atom is -0.494 e. The Morgan fingerprint density at radius 2 is 1.83 bits per heavy atom. The number of fused-ring (bicyclic) bond motifs is 1. The number of hydrogen-bond donors (Lipinski definition) is 1. The van der Waals surface area contributed by atoms with Gasteiger partial charge in [-0.1, -0.05) is 26.8 Å². The fourth-order valence-electron chi connectivity index (χ4n) is 5.39. The first-order valence-corrected chi connectivity index (χ1v) is 13.1. The topological polar surface area (TPSA) is 78.8 Å². The van der Waals surface area contributed by atoms with Gasteiger partial charge in [0.25, 0.3) is 0 Å². The summed E-state index contributed by atoms with van der Waals surface area (Å²) in [4.78, 5) is 22.6. The lowest BCUT2D eigenvalue weighted by molar-refractivity contribution is 0.0818. The van der Waals surface area contributed by atoms with Gasteiger partial charge >= 0.3 is 0 Å². The van der Waals surface area contributed by atoms with Crippen molar-refractivity contribution >= 4 is 17.3 Å². The van der Waals surface area contributed by atoms with E-state index in [0.29, 0.717) is 23.9 Å². The molecule has 2 aliphatic heterocycles. The van der Waals surface area contributed by atoms with Gasteiger partial charge < -0.3 is 19.3 Å². The van der Waals surface area contributed by atoms with E-state index < -0.39 is 0 Å². The molecule has 0 unspecified atom stereocenters. The number of aromatic nitrogens is 1. The minimum atomic E-state index is -0.193. The molecule has 1 aromatic carbocycles. The lowest BCUT2D eigenvalue weighted by atomic mass is 9.84. The molecule has 2 fully saturated rings. The number of anilines is 1. The number of methoxy groups -OCH3 is 2. The Morgan fingerprint density at radius 1 is 1.11 bits per heavy atom. The summed E-state index contributed by atoms with van der Waals surface area (Å²) in [6.45, 7) is 8.88. The average Bonchev–Trinajstić information content (AvgIpc) is 3.68. The number of hydrogen-bond acceptors (Lipinski definition) is 6. The third kappa shape index (κ3) is 4.73. The van der Waals surface area contributed by atoms with Crippen LogP contribution in [0.25, 0.3) is 0 Å². The van der Waals surface area contributed by atoms with Gasteiger partial charge in [-0.3, -0.25) is 10.2 Å². The van der Waals surface area contributed by atoms with Crippen molar-refractivity contribution in [2.24, 2.45) is 0 Å². The van der Waals surface area contributed by atoms with Crippen molar-refractivity contribution in [2.45, 2.75) is 70.4 Å². The Labute approximate surface area is 214 Å². The van der Waals surface area contributed by atoms with Gasteiger partial charge in [-0.15, -0.1) is 0 Å². The van der Waals surface area contributed by atoms with Gasteiger partial charge in [-0.2, -0.15) is 0 Å². The van der Waals surface area contributed by atoms with Crippen molar-refractivity contribution in [3.8, 4) is 5.75 Å². The summed E-state index contributed by atoms with van der Waals surface area (Å²) in [5, 5.41) is 8.72. The molecule has 1 N–H and O–H groups in total. The first-order chi connectivity index (χ1) is 17.2. The molecular formula is C29H38N4O3. The van der Waals surface area contributed by atoms with Crippen LogP contribution in [0.1, 0.15) is 85.2 Å². The van der Waals surface area contributed by atoms with Crippen molar-refractivity contribution in [3.05, 3.63) is 52.3 Å². The summed E-state index contributed by atoms with van der Waals surface area (Å²) in [5.74, 6) is 1.75. The maximum atomic E-state index is 13.7. The number of amidine groups is 1. The molecule has 2 aromatic rings. The molecule has 1 aromatic heterocycles. The second-order valence-corrected chi connectivity index (χ2v) is 11.4. The van der Waals surface area contributed by atoms with Crippen LogP contribution in [0, 0.1) is 5.41 Å². The molecule has 1 aliphatic carbocycles. The van der Waals surface area contributed by atoms with Crippen LogP contribution in [0.5, 0.6) is 5.75 Å². The molecule has 1 saturated heterocycles. The monoisotopic (exact) mass is 490 g/mol. The van der Waals surface area contributed by atoms with Gasteiger partial charge in [0.1, 0.15) is 17.3 Å². The minimum absolute atomic E-state index is 0.0103. The van der Waals surface area contributed by atoms with E-state index in [9.17, 15) is 4.79 Å². The molecule has 5 rings (SSSR count). The van der Waals surface area contributed by atoms with E-state index in [-0.39, 0.29) is 23.8 Å². The van der Waals surface area contributed by atoms with Crippen LogP contribution in [0.3, 0.4) is 0 Å². The van der Waals surface area contributed by atoms with Gasteiger partial charge in [0, 0.05) is 55.0 Å². The number of ether oxygens (including phenoxy) is 2. The van der Waals surface area contributed by atoms with Crippen molar-refractivity contribution < 1.29 is 14.3 Å². The lowest BCUT2D eigenvalue weighted by Crippen LogP contribution is -2.37. The van der Waals surface area contributed by atoms with Crippen LogP contribution in [-0.2, 0) is 16.7 Å². The van der Waals surface area contributed by atoms with Crippen molar-refractivity contribution in [1.82, 2.24) is 9.88 Å². The molecule has 36 heavy (non-hydrogen) atoms. The number of carbonyl (C=O) groups is 1. The Bertz CT molecular complexity index is 1170. The van der Waals surface area contributed by atoms with Crippen LogP contribution in [0.15, 0.2) is 24.3 Å². The van der Waals surface area contributed by atoms with E-state index in [1.54, 1.807) is 14.2 Å². The SMILES string of the molecule is COc1c(N2CCC(OC)CC2)cc(C(=O)CN2Cc3ccc(C4CC4)nc3C2=N)cc1C(C)(C)C. The van der Waals surface area contributed by atoms with Gasteiger partial charge in [-0.25, -0.2) is 4.98 Å². The normalized spacial score (nSPS) is 18.5. The number of nitrogens with zero attached hydrogens (tertiary/aromatic N) is 3. The predicted octanol–water partition coefficient (Wildman–Crippen LogP) is 4.90. The van der Waals surface area contributed by atoms with Crippen LogP contribution in [0.2, 0.25) is 0 Å². The zero-order valence-corrected chi connectivity index (χ0v) is 22.2. The molecule has 192 valence electrons. The second-order valence-electron chi connectivity index (χ2n) is 11.4. The number of carbonyl (C=O) groups excluding carboxylic acids is 1. The molecular weight excluding hydrogens is 452 g/mol. The maximum absolute atomic E-state index is 13.7. The zero-order chi connectivity index (χ0) is 25.6. The largest absolute Gasteiger partial charge is 0.494 e. The number of piperidine rings is 1. The molecule has 0 spiro atoms. The highest BCUT2D eigenvalue weighted by atomic mass is 16.5. The quantitative estimate of drug-likeness (QED) is 0.556. The van der Waals surface area contributed by atoms with E-state index >= 15 is 0 Å². The third-order valence-electron chi connectivity index (χ3n) is 7.75. The Kier molecular flexibility index (Phi) is 6.54. The van der Waals surface area contributed by atoms with Gasteiger partial charge in [0.15, 0.2) is 5.78 Å². The summed E-state index contributed by atoms with van der Waals surface area (Å²) in [7, 11) is 3.48. The summed E-state index contributed by atoms with van der Waals surface area (Å²) < 4.78 is 11.5. The van der Waals surface area contributed by atoms with Crippen molar-refractivity contribution in [1.29, 1.82) is 5.41 Å². The van der Waals surface area contributed by atoms with Crippen LogP contribution in [-0.4, -0.2) is 61.5 Å². The molecule has 7 heteroatoms. The van der Waals surface area contributed by atoms with Crippen LogP contribution >= 0.6 is 0 Å². The van der Waals surface area contributed by atoms with Crippen molar-refractivity contribution in [2.75, 3.05) is 38.8 Å². The van der Waals surface area contributed by atoms with Gasteiger partial charge in [0.2, 0.25) is 0 Å². The molecule has 3 heterocycles. The smallest absolute Gasteiger partial charge is 0.182 e. The first-order valence-electron chi connectivity index (χ1n) is 13.1. The molecule has 0 amide bonds. The van der Waals surface area contributed by atoms with Crippen LogP contribution < -0.4 is 9.64 Å². The highest BCUT2D eigenvalue weighted by molar-refractivity contribution is 6.05. The standard InChI is InChI=1S/C29H38N4O3/c1-29(2,3)22-14-20(15-24(27(22)36-5)32-12-10-21(35-4)11-13-32)25(34)17-33-16-19-8-9-23(18-6-7-18)31-26(19)28(33)30/h8-9,14-15,18,21,30H,6-7,10-13,16-17H2,1-5H3. The Hall–Kier alpha value is -2.93. The Balaban J connectivity index is 1.42. The van der Waals surface area contributed by atoms with Crippen LogP contribution in [0.4, 0.5) is 5.69 Å². The number of pyridine rings is 1. The van der Waals surface area contributed by atoms with E-state index in [1.807, 2.05) is 17.0 Å². The number of rotatable bonds is 7. The molecule has 7 nitrogen and oxygen atoms in total. The maximum Gasteiger partial charge on any atom is 0.182 e. The second kappa shape index (κ2) is 9.51. The average molecular weight is 491 g/mol. The third-order valence-corrected chi connectivity index (χ3v) is 7.75.